The maximum Gasteiger partial charge on any atom is 0.416 e. The number of benzene rings is 4. The average molecular weight is 587 g/mol. The van der Waals surface area contributed by atoms with Crippen LogP contribution in [0, 0.1) is 13.8 Å². The molecule has 4 aromatic carbocycles. The van der Waals surface area contributed by atoms with Crippen LogP contribution < -0.4 is 4.72 Å². The highest BCUT2D eigenvalue weighted by Crippen LogP contribution is 2.38. The molecule has 0 saturated heterocycles. The largest absolute Gasteiger partial charge is 0.416 e. The lowest BCUT2D eigenvalue weighted by atomic mass is 9.81. The number of nitrogens with one attached hydrogen (secondary N) is 1. The van der Waals surface area contributed by atoms with Gasteiger partial charge >= 0.3 is 6.18 Å². The number of halogens is 3. The second-order valence-corrected chi connectivity index (χ2v) is 12.0. The Morgan fingerprint density at radius 3 is 1.88 bits per heavy atom. The molecule has 0 radical (unpaired) electrons. The zero-order valence-electron chi connectivity index (χ0n) is 23.1. The summed E-state index contributed by atoms with van der Waals surface area (Å²) in [5, 5.41) is 0. The second-order valence-electron chi connectivity index (χ2n) is 10.4. The molecular weight excluding hydrogens is 557 g/mol. The van der Waals surface area contributed by atoms with E-state index in [1.165, 1.54) is 24.3 Å². The number of sulfonamides is 1. The van der Waals surface area contributed by atoms with Crippen LogP contribution in [0.15, 0.2) is 126 Å². The Kier molecular flexibility index (Phi) is 8.03. The third-order valence-corrected chi connectivity index (χ3v) is 8.71. The summed E-state index contributed by atoms with van der Waals surface area (Å²) in [6, 6.07) is 31.5. The fourth-order valence-corrected chi connectivity index (χ4v) is 6.30. The van der Waals surface area contributed by atoms with Crippen LogP contribution >= 0.6 is 0 Å². The highest BCUT2D eigenvalue weighted by molar-refractivity contribution is 7.89. The topological polar surface area (TPSA) is 59.1 Å². The number of hydrogen-bond donors (Lipinski definition) is 1. The number of nitrogens with zero attached hydrogens (tertiary/aromatic N) is 1. The molecule has 214 valence electrons. The molecular formula is C34H29F3N2O2S. The first kappa shape index (κ1) is 29.2. The molecule has 0 fully saturated rings. The van der Waals surface area contributed by atoms with Gasteiger partial charge in [0.15, 0.2) is 0 Å². The highest BCUT2D eigenvalue weighted by Gasteiger charge is 2.42. The third-order valence-electron chi connectivity index (χ3n) is 7.20. The minimum absolute atomic E-state index is 0.0186. The van der Waals surface area contributed by atoms with Gasteiger partial charge in [0.05, 0.1) is 16.2 Å². The molecule has 4 nitrogen and oxygen atoms in total. The lowest BCUT2D eigenvalue weighted by molar-refractivity contribution is -0.137. The molecule has 8 heteroatoms. The fraction of sp³-hybridized carbons (Fsp3) is 0.147. The van der Waals surface area contributed by atoms with E-state index in [2.05, 4.69) is 9.71 Å². The van der Waals surface area contributed by atoms with Crippen LogP contribution in [0.4, 0.5) is 13.2 Å². The van der Waals surface area contributed by atoms with E-state index in [1.807, 2.05) is 44.2 Å². The van der Waals surface area contributed by atoms with Crippen molar-refractivity contribution in [2.24, 2.45) is 0 Å². The molecule has 1 aromatic heterocycles. The van der Waals surface area contributed by atoms with E-state index in [-0.39, 0.29) is 22.6 Å². The van der Waals surface area contributed by atoms with E-state index in [4.69, 9.17) is 0 Å². The van der Waals surface area contributed by atoms with Gasteiger partial charge in [-0.3, -0.25) is 4.98 Å². The van der Waals surface area contributed by atoms with Gasteiger partial charge < -0.3 is 0 Å². The molecule has 5 aromatic rings. The monoisotopic (exact) mass is 586 g/mol. The molecule has 0 saturated carbocycles. The molecule has 0 spiro atoms. The number of pyridine rings is 1. The van der Waals surface area contributed by atoms with Gasteiger partial charge in [-0.25, -0.2) is 8.42 Å². The minimum atomic E-state index is -4.63. The predicted octanol–water partition coefficient (Wildman–Crippen LogP) is 7.85. The SMILES string of the molecule is Cc1ccc(-c2ccc(S(=O)(=O)NC(Cc3ccccc3)(c3cccc(C(F)(F)F)c3)c3ccc(C)cn3)cc2)cc1. The van der Waals surface area contributed by atoms with Gasteiger partial charge in [-0.05, 0) is 72.0 Å². The average Bonchev–Trinajstić information content (AvgIpc) is 2.98. The lowest BCUT2D eigenvalue weighted by Crippen LogP contribution is -2.49. The molecule has 0 aliphatic heterocycles. The number of alkyl halides is 3. The van der Waals surface area contributed by atoms with Crippen molar-refractivity contribution in [2.75, 3.05) is 0 Å². The van der Waals surface area contributed by atoms with Gasteiger partial charge in [0, 0.05) is 12.6 Å². The van der Waals surface area contributed by atoms with E-state index >= 15 is 0 Å². The van der Waals surface area contributed by atoms with Crippen molar-refractivity contribution in [2.45, 2.75) is 36.9 Å². The van der Waals surface area contributed by atoms with Crippen LogP contribution in [0.25, 0.3) is 11.1 Å². The van der Waals surface area contributed by atoms with Crippen molar-refractivity contribution < 1.29 is 21.6 Å². The standard InChI is InChI=1S/C34H29F3N2O2S/c1-24-11-14-27(15-12-24)28-16-18-31(19-17-28)42(40,41)39-33(22-26-7-4-3-5-8-26,32-20-13-25(2)23-38-32)29-9-6-10-30(21-29)34(35,36)37/h3-21,23,39H,22H2,1-2H3. The summed E-state index contributed by atoms with van der Waals surface area (Å²) in [7, 11) is -4.27. The van der Waals surface area contributed by atoms with E-state index < -0.39 is 27.3 Å². The van der Waals surface area contributed by atoms with Crippen molar-refractivity contribution in [3.63, 3.8) is 0 Å². The molecule has 42 heavy (non-hydrogen) atoms. The molecule has 5 rings (SSSR count). The fourth-order valence-electron chi connectivity index (χ4n) is 4.93. The Morgan fingerprint density at radius 2 is 1.29 bits per heavy atom. The summed E-state index contributed by atoms with van der Waals surface area (Å²) in [6.07, 6.45) is -3.03. The van der Waals surface area contributed by atoms with Crippen molar-refractivity contribution in [3.05, 3.63) is 155 Å². The number of rotatable bonds is 8. The van der Waals surface area contributed by atoms with E-state index in [0.717, 1.165) is 39.9 Å². The molecule has 1 N–H and O–H groups in total. The predicted molar refractivity (Wildman–Crippen MR) is 158 cm³/mol. The third kappa shape index (κ3) is 6.30. The molecule has 0 aliphatic carbocycles. The Balaban J connectivity index is 1.66. The van der Waals surface area contributed by atoms with Gasteiger partial charge in [-0.2, -0.15) is 17.9 Å². The van der Waals surface area contributed by atoms with Crippen LogP contribution in [-0.4, -0.2) is 13.4 Å². The van der Waals surface area contributed by atoms with Crippen molar-refractivity contribution >= 4 is 10.0 Å². The maximum atomic E-state index is 14.1. The number of aryl methyl sites for hydroxylation is 2. The van der Waals surface area contributed by atoms with Crippen LogP contribution in [-0.2, 0) is 28.2 Å². The number of aromatic nitrogens is 1. The quantitative estimate of drug-likeness (QED) is 0.202. The minimum Gasteiger partial charge on any atom is -0.259 e. The Labute approximate surface area is 244 Å². The van der Waals surface area contributed by atoms with E-state index in [1.54, 1.807) is 54.7 Å². The first-order valence-electron chi connectivity index (χ1n) is 13.3. The summed E-state index contributed by atoms with van der Waals surface area (Å²) in [4.78, 5) is 4.53. The van der Waals surface area contributed by atoms with Crippen LogP contribution in [0.5, 0.6) is 0 Å². The maximum absolute atomic E-state index is 14.1. The second kappa shape index (κ2) is 11.5. The molecule has 1 heterocycles. The highest BCUT2D eigenvalue weighted by atomic mass is 32.2. The Morgan fingerprint density at radius 1 is 0.690 bits per heavy atom. The first-order valence-corrected chi connectivity index (χ1v) is 14.8. The lowest BCUT2D eigenvalue weighted by Gasteiger charge is -2.35. The van der Waals surface area contributed by atoms with Gasteiger partial charge in [0.2, 0.25) is 10.0 Å². The molecule has 0 bridgehead atoms. The Hall–Kier alpha value is -4.27. The summed E-state index contributed by atoms with van der Waals surface area (Å²) >= 11 is 0. The van der Waals surface area contributed by atoms with Crippen LogP contribution in [0.3, 0.4) is 0 Å². The molecule has 1 atom stereocenters. The van der Waals surface area contributed by atoms with Gasteiger partial charge in [-0.1, -0.05) is 90.5 Å². The number of hydrogen-bond acceptors (Lipinski definition) is 3. The molecule has 1 unspecified atom stereocenters. The van der Waals surface area contributed by atoms with Crippen molar-refractivity contribution in [1.29, 1.82) is 0 Å². The first-order chi connectivity index (χ1) is 20.0. The zero-order valence-corrected chi connectivity index (χ0v) is 23.9. The summed E-state index contributed by atoms with van der Waals surface area (Å²) < 4.78 is 72.6. The summed E-state index contributed by atoms with van der Waals surface area (Å²) in [5.74, 6) is 0. The van der Waals surface area contributed by atoms with Crippen molar-refractivity contribution in [3.8, 4) is 11.1 Å². The molecule has 0 amide bonds. The summed E-state index contributed by atoms with van der Waals surface area (Å²) in [6.45, 7) is 3.82. The van der Waals surface area contributed by atoms with Gasteiger partial charge in [-0.15, -0.1) is 0 Å². The normalized spacial score (nSPS) is 13.5. The van der Waals surface area contributed by atoms with E-state index in [0.29, 0.717) is 0 Å². The Bertz CT molecular complexity index is 1770. The van der Waals surface area contributed by atoms with Crippen LogP contribution in [0.1, 0.15) is 33.5 Å². The summed E-state index contributed by atoms with van der Waals surface area (Å²) in [5.41, 5.74) is 2.27. The zero-order chi connectivity index (χ0) is 30.0. The van der Waals surface area contributed by atoms with Gasteiger partial charge in [0.1, 0.15) is 5.54 Å². The smallest absolute Gasteiger partial charge is 0.259 e. The van der Waals surface area contributed by atoms with E-state index in [9.17, 15) is 21.6 Å². The van der Waals surface area contributed by atoms with Crippen molar-refractivity contribution in [1.82, 2.24) is 9.71 Å². The van der Waals surface area contributed by atoms with Gasteiger partial charge in [0.25, 0.3) is 0 Å². The molecule has 0 aliphatic rings. The van der Waals surface area contributed by atoms with Crippen LogP contribution in [0.2, 0.25) is 0 Å².